The summed E-state index contributed by atoms with van der Waals surface area (Å²) >= 11 is 6.03. The molecule has 0 aliphatic heterocycles. The number of hydrogen-bond acceptors (Lipinski definition) is 2. The second kappa shape index (κ2) is 12.4. The van der Waals surface area contributed by atoms with Crippen molar-refractivity contribution in [3.8, 4) is 0 Å². The Hall–Kier alpha value is -2.59. The molecule has 0 aromatic heterocycles. The summed E-state index contributed by atoms with van der Waals surface area (Å²) in [6.07, 6.45) is 8.77. The number of nitrogens with zero attached hydrogens (tertiary/aromatic N) is 1. The van der Waals surface area contributed by atoms with E-state index in [9.17, 15) is 9.59 Å². The number of carbonyl (C=O) groups excluding carboxylic acids is 2. The second-order valence-electron chi connectivity index (χ2n) is 8.36. The van der Waals surface area contributed by atoms with Gasteiger partial charge in [-0.25, -0.2) is 0 Å². The molecule has 0 spiro atoms. The van der Waals surface area contributed by atoms with Crippen molar-refractivity contribution in [3.05, 3.63) is 82.4 Å². The minimum Gasteiger partial charge on any atom is -0.354 e. The number of hydrogen-bond donors (Lipinski definition) is 1. The maximum atomic E-state index is 13.3. The molecule has 3 rings (SSSR count). The minimum absolute atomic E-state index is 0.0361. The van der Waals surface area contributed by atoms with Gasteiger partial charge >= 0.3 is 0 Å². The van der Waals surface area contributed by atoms with Gasteiger partial charge in [0.2, 0.25) is 11.8 Å². The van der Waals surface area contributed by atoms with Crippen molar-refractivity contribution in [2.45, 2.75) is 64.5 Å². The fourth-order valence-corrected chi connectivity index (χ4v) is 4.27. The summed E-state index contributed by atoms with van der Waals surface area (Å²) < 4.78 is 0. The van der Waals surface area contributed by atoms with Crippen molar-refractivity contribution in [1.29, 1.82) is 0 Å². The normalized spacial score (nSPS) is 14.4. The first kappa shape index (κ1) is 24.1. The van der Waals surface area contributed by atoms with Crippen LogP contribution in [0.3, 0.4) is 0 Å². The fraction of sp³-hybridized carbons (Fsp3) is 0.407. The largest absolute Gasteiger partial charge is 0.354 e. The molecule has 0 saturated carbocycles. The van der Waals surface area contributed by atoms with E-state index in [-0.39, 0.29) is 11.8 Å². The van der Waals surface area contributed by atoms with E-state index in [2.05, 4.69) is 11.4 Å². The monoisotopic (exact) mass is 452 g/mol. The number of rotatable bonds is 10. The lowest BCUT2D eigenvalue weighted by Crippen LogP contribution is -2.50. The van der Waals surface area contributed by atoms with Crippen LogP contribution in [0.2, 0.25) is 5.02 Å². The van der Waals surface area contributed by atoms with Crippen LogP contribution in [-0.4, -0.2) is 29.3 Å². The van der Waals surface area contributed by atoms with Crippen LogP contribution < -0.4 is 5.32 Å². The van der Waals surface area contributed by atoms with Gasteiger partial charge in [-0.3, -0.25) is 9.59 Å². The molecule has 0 bridgehead atoms. The third kappa shape index (κ3) is 7.23. The van der Waals surface area contributed by atoms with Crippen molar-refractivity contribution >= 4 is 23.4 Å². The quantitative estimate of drug-likeness (QED) is 0.470. The zero-order chi connectivity index (χ0) is 22.8. The zero-order valence-electron chi connectivity index (χ0n) is 18.9. The van der Waals surface area contributed by atoms with E-state index in [1.54, 1.807) is 4.90 Å². The molecule has 1 atom stereocenters. The highest BCUT2D eigenvalue weighted by Crippen LogP contribution is 2.20. The summed E-state index contributed by atoms with van der Waals surface area (Å²) in [6.45, 7) is 2.81. The Morgan fingerprint density at radius 1 is 1.03 bits per heavy atom. The molecule has 1 aliphatic rings. The van der Waals surface area contributed by atoms with E-state index in [4.69, 9.17) is 11.6 Å². The molecule has 0 fully saturated rings. The van der Waals surface area contributed by atoms with Gasteiger partial charge in [-0.05, 0) is 55.4 Å². The Morgan fingerprint density at radius 3 is 2.44 bits per heavy atom. The highest BCUT2D eigenvalue weighted by atomic mass is 35.5. The summed E-state index contributed by atoms with van der Waals surface area (Å²) in [5, 5.41) is 3.76. The Kier molecular flexibility index (Phi) is 9.36. The molecular formula is C27H33ClN2O2. The Balaban J connectivity index is 1.77. The van der Waals surface area contributed by atoms with Crippen LogP contribution in [-0.2, 0) is 22.6 Å². The van der Waals surface area contributed by atoms with Crippen LogP contribution >= 0.6 is 11.6 Å². The highest BCUT2D eigenvalue weighted by Gasteiger charge is 2.29. The van der Waals surface area contributed by atoms with Gasteiger partial charge in [0.15, 0.2) is 0 Å². The number of amides is 2. The smallest absolute Gasteiger partial charge is 0.243 e. The van der Waals surface area contributed by atoms with Gasteiger partial charge in [0.25, 0.3) is 0 Å². The van der Waals surface area contributed by atoms with Gasteiger partial charge in [-0.1, -0.05) is 72.6 Å². The lowest BCUT2D eigenvalue weighted by Gasteiger charge is -2.31. The summed E-state index contributed by atoms with van der Waals surface area (Å²) in [7, 11) is 0. The number of carbonyl (C=O) groups is 2. The molecule has 0 saturated heterocycles. The van der Waals surface area contributed by atoms with Crippen LogP contribution in [0, 0.1) is 0 Å². The predicted molar refractivity (Wildman–Crippen MR) is 130 cm³/mol. The molecule has 1 unspecified atom stereocenters. The Labute approximate surface area is 196 Å². The van der Waals surface area contributed by atoms with Crippen LogP contribution in [0.1, 0.15) is 56.6 Å². The number of benzene rings is 2. The molecule has 32 heavy (non-hydrogen) atoms. The summed E-state index contributed by atoms with van der Waals surface area (Å²) in [4.78, 5) is 28.0. The van der Waals surface area contributed by atoms with Crippen molar-refractivity contribution in [2.24, 2.45) is 0 Å². The number of nitrogens with one attached hydrogen (secondary N) is 1. The summed E-state index contributed by atoms with van der Waals surface area (Å²) in [6, 6.07) is 16.8. The average molecular weight is 453 g/mol. The standard InChI is InChI=1S/C27H33ClN2O2/c1-2-26(31)30(20-23-13-15-24(28)16-14-23)25(19-22-11-7-4-8-12-22)27(32)29-18-17-21-9-5-3-6-10-21/h4,7-9,11-16,25H,2-3,5-6,10,17-20H2,1H3,(H,29,32). The van der Waals surface area contributed by atoms with Crippen molar-refractivity contribution in [3.63, 3.8) is 0 Å². The van der Waals surface area contributed by atoms with Crippen molar-refractivity contribution in [1.82, 2.24) is 10.2 Å². The first-order valence-electron chi connectivity index (χ1n) is 11.6. The van der Waals surface area contributed by atoms with Gasteiger partial charge in [0.1, 0.15) is 6.04 Å². The third-order valence-corrected chi connectivity index (χ3v) is 6.22. The number of allylic oxidation sites excluding steroid dienone is 1. The predicted octanol–water partition coefficient (Wildman–Crippen LogP) is 5.70. The molecule has 0 heterocycles. The third-order valence-electron chi connectivity index (χ3n) is 5.97. The van der Waals surface area contributed by atoms with E-state index in [1.807, 2.05) is 61.5 Å². The zero-order valence-corrected chi connectivity index (χ0v) is 19.6. The topological polar surface area (TPSA) is 49.4 Å². The van der Waals surface area contributed by atoms with Gasteiger partial charge in [-0.15, -0.1) is 0 Å². The van der Waals surface area contributed by atoms with Gasteiger partial charge in [-0.2, -0.15) is 0 Å². The van der Waals surface area contributed by atoms with Crippen LogP contribution in [0.15, 0.2) is 66.2 Å². The lowest BCUT2D eigenvalue weighted by atomic mass is 9.97. The van der Waals surface area contributed by atoms with Gasteiger partial charge in [0, 0.05) is 31.0 Å². The first-order chi connectivity index (χ1) is 15.6. The van der Waals surface area contributed by atoms with Gasteiger partial charge in [0.05, 0.1) is 0 Å². The lowest BCUT2D eigenvalue weighted by molar-refractivity contribution is -0.141. The van der Waals surface area contributed by atoms with E-state index in [0.717, 1.165) is 30.4 Å². The number of halogens is 1. The molecule has 2 aromatic rings. The van der Waals surface area contributed by atoms with E-state index in [0.29, 0.717) is 31.0 Å². The fourth-order valence-electron chi connectivity index (χ4n) is 4.14. The maximum Gasteiger partial charge on any atom is 0.243 e. The van der Waals surface area contributed by atoms with Gasteiger partial charge < -0.3 is 10.2 Å². The highest BCUT2D eigenvalue weighted by molar-refractivity contribution is 6.30. The second-order valence-corrected chi connectivity index (χ2v) is 8.79. The van der Waals surface area contributed by atoms with Crippen molar-refractivity contribution < 1.29 is 9.59 Å². The molecule has 1 N–H and O–H groups in total. The van der Waals surface area contributed by atoms with Crippen molar-refractivity contribution in [2.75, 3.05) is 6.54 Å². The average Bonchev–Trinajstić information content (AvgIpc) is 2.83. The van der Waals surface area contributed by atoms with Crippen LogP contribution in [0.5, 0.6) is 0 Å². The Bertz CT molecular complexity index is 909. The van der Waals surface area contributed by atoms with E-state index in [1.165, 1.54) is 18.4 Å². The van der Waals surface area contributed by atoms with E-state index < -0.39 is 6.04 Å². The SMILES string of the molecule is CCC(=O)N(Cc1ccc(Cl)cc1)C(Cc1ccccc1)C(=O)NCCC1=CCCCC1. The maximum absolute atomic E-state index is 13.3. The molecule has 170 valence electrons. The molecular weight excluding hydrogens is 420 g/mol. The molecule has 5 heteroatoms. The minimum atomic E-state index is -0.569. The Morgan fingerprint density at radius 2 is 1.78 bits per heavy atom. The van der Waals surface area contributed by atoms with Crippen LogP contribution in [0.25, 0.3) is 0 Å². The summed E-state index contributed by atoms with van der Waals surface area (Å²) in [5.74, 6) is -0.132. The molecule has 4 nitrogen and oxygen atoms in total. The first-order valence-corrected chi connectivity index (χ1v) is 12.0. The van der Waals surface area contributed by atoms with Crippen LogP contribution in [0.4, 0.5) is 0 Å². The molecule has 2 aromatic carbocycles. The molecule has 0 radical (unpaired) electrons. The van der Waals surface area contributed by atoms with E-state index >= 15 is 0 Å². The summed E-state index contributed by atoms with van der Waals surface area (Å²) in [5.41, 5.74) is 3.42. The molecule has 1 aliphatic carbocycles. The molecule has 2 amide bonds.